The van der Waals surface area contributed by atoms with Crippen LogP contribution in [0, 0.1) is 6.92 Å². The van der Waals surface area contributed by atoms with Crippen LogP contribution in [0.3, 0.4) is 0 Å². The zero-order valence-corrected chi connectivity index (χ0v) is 16.1. The van der Waals surface area contributed by atoms with Gasteiger partial charge in [0.05, 0.1) is 33.0 Å². The molecule has 0 aliphatic carbocycles. The van der Waals surface area contributed by atoms with Gasteiger partial charge < -0.3 is 14.8 Å². The molecule has 27 heavy (non-hydrogen) atoms. The summed E-state index contributed by atoms with van der Waals surface area (Å²) in [5.74, 6) is -0.219. The van der Waals surface area contributed by atoms with Crippen molar-refractivity contribution in [1.29, 1.82) is 0 Å². The van der Waals surface area contributed by atoms with Crippen LogP contribution in [0.4, 0.5) is 5.82 Å². The molecule has 1 heterocycles. The van der Waals surface area contributed by atoms with Crippen LogP contribution in [-0.4, -0.2) is 54.6 Å². The van der Waals surface area contributed by atoms with Crippen LogP contribution in [0.2, 0.25) is 0 Å². The molecule has 1 aromatic carbocycles. The summed E-state index contributed by atoms with van der Waals surface area (Å²) in [6, 6.07) is 9.82. The lowest BCUT2D eigenvalue weighted by Crippen LogP contribution is -2.55. The van der Waals surface area contributed by atoms with Crippen molar-refractivity contribution in [2.75, 3.05) is 32.7 Å². The number of hydrogen-bond acceptors (Lipinski definition) is 6. The van der Waals surface area contributed by atoms with Gasteiger partial charge in [-0.25, -0.2) is 9.48 Å². The third-order valence-electron chi connectivity index (χ3n) is 4.11. The highest BCUT2D eigenvalue weighted by atomic mass is 16.5. The van der Waals surface area contributed by atoms with E-state index in [1.807, 2.05) is 25.1 Å². The molecule has 0 aliphatic rings. The molecular formula is C19H26N4O4. The van der Waals surface area contributed by atoms with Gasteiger partial charge in [0.15, 0.2) is 0 Å². The summed E-state index contributed by atoms with van der Waals surface area (Å²) in [5, 5.41) is 9.96. The van der Waals surface area contributed by atoms with E-state index in [-0.39, 0.29) is 19.1 Å². The van der Waals surface area contributed by atoms with Crippen LogP contribution >= 0.6 is 0 Å². The fourth-order valence-corrected chi connectivity index (χ4v) is 2.71. The standard InChI is InChI=1S/C19H26N4O4/c1-14-6-5-7-15(10-14)12-23-16(8-9-21-23)22-17(24)11-20-19(2,13-26-3)18(25)27-4/h5-10,20H,11-13H2,1-4H3,(H,22,24). The van der Waals surface area contributed by atoms with E-state index in [9.17, 15) is 9.59 Å². The Morgan fingerprint density at radius 2 is 2.04 bits per heavy atom. The Bertz CT molecular complexity index is 790. The lowest BCUT2D eigenvalue weighted by molar-refractivity contribution is -0.150. The molecule has 0 aliphatic heterocycles. The summed E-state index contributed by atoms with van der Waals surface area (Å²) in [6.45, 7) is 4.20. The molecule has 1 aromatic heterocycles. The fraction of sp³-hybridized carbons (Fsp3) is 0.421. The molecule has 8 heteroatoms. The normalized spacial score (nSPS) is 13.0. The molecule has 2 aromatic rings. The molecule has 2 N–H and O–H groups in total. The van der Waals surface area contributed by atoms with E-state index < -0.39 is 11.5 Å². The number of aryl methyl sites for hydroxylation is 1. The number of carbonyl (C=O) groups excluding carboxylic acids is 2. The van der Waals surface area contributed by atoms with Gasteiger partial charge in [-0.3, -0.25) is 10.1 Å². The molecule has 1 atom stereocenters. The van der Waals surface area contributed by atoms with E-state index in [0.717, 1.165) is 11.1 Å². The van der Waals surface area contributed by atoms with Crippen molar-refractivity contribution in [3.8, 4) is 0 Å². The molecule has 1 unspecified atom stereocenters. The van der Waals surface area contributed by atoms with Gasteiger partial charge >= 0.3 is 5.97 Å². The monoisotopic (exact) mass is 374 g/mol. The van der Waals surface area contributed by atoms with Crippen LogP contribution in [-0.2, 0) is 25.6 Å². The maximum atomic E-state index is 12.3. The average molecular weight is 374 g/mol. The minimum atomic E-state index is -1.11. The van der Waals surface area contributed by atoms with Gasteiger partial charge in [-0.15, -0.1) is 0 Å². The SMILES string of the molecule is COCC(C)(NCC(=O)Nc1ccnn1Cc1cccc(C)c1)C(=O)OC. The highest BCUT2D eigenvalue weighted by Crippen LogP contribution is 2.12. The summed E-state index contributed by atoms with van der Waals surface area (Å²) in [4.78, 5) is 24.3. The number of aromatic nitrogens is 2. The van der Waals surface area contributed by atoms with Gasteiger partial charge in [-0.2, -0.15) is 5.10 Å². The summed E-state index contributed by atoms with van der Waals surface area (Å²) < 4.78 is 11.5. The van der Waals surface area contributed by atoms with Crippen molar-refractivity contribution in [3.05, 3.63) is 47.7 Å². The first-order chi connectivity index (χ1) is 12.9. The topological polar surface area (TPSA) is 94.5 Å². The van der Waals surface area contributed by atoms with E-state index in [2.05, 4.69) is 21.8 Å². The number of carbonyl (C=O) groups is 2. The predicted octanol–water partition coefficient (Wildman–Crippen LogP) is 1.35. The summed E-state index contributed by atoms with van der Waals surface area (Å²) in [5.41, 5.74) is 1.14. The van der Waals surface area contributed by atoms with E-state index >= 15 is 0 Å². The van der Waals surface area contributed by atoms with Gasteiger partial charge in [0.1, 0.15) is 11.4 Å². The molecule has 0 saturated heterocycles. The number of ether oxygens (including phenoxy) is 2. The van der Waals surface area contributed by atoms with Crippen LogP contribution in [0.25, 0.3) is 0 Å². The third-order valence-corrected chi connectivity index (χ3v) is 4.11. The lowest BCUT2D eigenvalue weighted by Gasteiger charge is -2.26. The number of nitrogens with zero attached hydrogens (tertiary/aromatic N) is 2. The average Bonchev–Trinajstić information content (AvgIpc) is 3.06. The van der Waals surface area contributed by atoms with Crippen molar-refractivity contribution in [2.24, 2.45) is 0 Å². The second-order valence-corrected chi connectivity index (χ2v) is 6.52. The number of anilines is 1. The maximum absolute atomic E-state index is 12.3. The van der Waals surface area contributed by atoms with Crippen LogP contribution in [0.5, 0.6) is 0 Å². The fourth-order valence-electron chi connectivity index (χ4n) is 2.71. The number of rotatable bonds is 9. The Hall–Kier alpha value is -2.71. The largest absolute Gasteiger partial charge is 0.468 e. The zero-order chi connectivity index (χ0) is 19.9. The number of esters is 1. The Balaban J connectivity index is 1.98. The van der Waals surface area contributed by atoms with Gasteiger partial charge in [-0.1, -0.05) is 29.8 Å². The van der Waals surface area contributed by atoms with Gasteiger partial charge in [0.2, 0.25) is 5.91 Å². The number of nitrogens with one attached hydrogen (secondary N) is 2. The second-order valence-electron chi connectivity index (χ2n) is 6.52. The molecule has 0 fully saturated rings. The van der Waals surface area contributed by atoms with Crippen molar-refractivity contribution >= 4 is 17.7 Å². The number of methoxy groups -OCH3 is 2. The molecule has 0 spiro atoms. The van der Waals surface area contributed by atoms with Crippen LogP contribution < -0.4 is 10.6 Å². The predicted molar refractivity (Wildman–Crippen MR) is 101 cm³/mol. The second kappa shape index (κ2) is 9.29. The minimum absolute atomic E-state index is 0.0788. The number of amides is 1. The van der Waals surface area contributed by atoms with Crippen LogP contribution in [0.1, 0.15) is 18.1 Å². The smallest absolute Gasteiger partial charge is 0.328 e. The first-order valence-corrected chi connectivity index (χ1v) is 8.57. The van der Waals surface area contributed by atoms with Gasteiger partial charge in [-0.05, 0) is 19.4 Å². The highest BCUT2D eigenvalue weighted by molar-refractivity contribution is 5.92. The molecule has 0 bridgehead atoms. The first-order valence-electron chi connectivity index (χ1n) is 8.57. The minimum Gasteiger partial charge on any atom is -0.468 e. The van der Waals surface area contributed by atoms with E-state index in [0.29, 0.717) is 12.4 Å². The molecule has 0 radical (unpaired) electrons. The van der Waals surface area contributed by atoms with Crippen molar-refractivity contribution in [1.82, 2.24) is 15.1 Å². The number of benzene rings is 1. The van der Waals surface area contributed by atoms with E-state index in [4.69, 9.17) is 9.47 Å². The van der Waals surface area contributed by atoms with Crippen molar-refractivity contribution < 1.29 is 19.1 Å². The molecule has 2 rings (SSSR count). The maximum Gasteiger partial charge on any atom is 0.328 e. The molecular weight excluding hydrogens is 348 g/mol. The molecule has 1 amide bonds. The number of hydrogen-bond donors (Lipinski definition) is 2. The Labute approximate surface area is 158 Å². The van der Waals surface area contributed by atoms with Crippen molar-refractivity contribution in [2.45, 2.75) is 25.9 Å². The summed E-state index contributed by atoms with van der Waals surface area (Å²) in [7, 11) is 2.77. The molecule has 146 valence electrons. The Kier molecular flexibility index (Phi) is 7.09. The summed E-state index contributed by atoms with van der Waals surface area (Å²) in [6.07, 6.45) is 1.63. The zero-order valence-electron chi connectivity index (χ0n) is 16.1. The molecule has 8 nitrogen and oxygen atoms in total. The summed E-state index contributed by atoms with van der Waals surface area (Å²) >= 11 is 0. The third kappa shape index (κ3) is 5.63. The molecule has 0 saturated carbocycles. The van der Waals surface area contributed by atoms with Crippen LogP contribution in [0.15, 0.2) is 36.5 Å². The quantitative estimate of drug-likeness (QED) is 0.644. The first kappa shape index (κ1) is 20.6. The van der Waals surface area contributed by atoms with Crippen molar-refractivity contribution in [3.63, 3.8) is 0 Å². The Morgan fingerprint density at radius 3 is 2.70 bits per heavy atom. The van der Waals surface area contributed by atoms with Gasteiger partial charge in [0.25, 0.3) is 0 Å². The Morgan fingerprint density at radius 1 is 1.26 bits per heavy atom. The van der Waals surface area contributed by atoms with E-state index in [1.165, 1.54) is 14.2 Å². The van der Waals surface area contributed by atoms with E-state index in [1.54, 1.807) is 23.9 Å². The lowest BCUT2D eigenvalue weighted by atomic mass is 10.0. The van der Waals surface area contributed by atoms with Gasteiger partial charge in [0, 0.05) is 13.2 Å². The highest BCUT2D eigenvalue weighted by Gasteiger charge is 2.34.